The molecule has 0 unspecified atom stereocenters. The molecule has 1 spiro atoms. The molecule has 1 aliphatic carbocycles. The zero-order chi connectivity index (χ0) is 24.8. The summed E-state index contributed by atoms with van der Waals surface area (Å²) in [5, 5.41) is 2.50. The molecule has 1 aliphatic heterocycles. The third-order valence-corrected chi connectivity index (χ3v) is 7.53. The molecule has 0 aromatic heterocycles. The molecule has 1 heterocycles. The van der Waals surface area contributed by atoms with E-state index >= 15 is 0 Å². The summed E-state index contributed by atoms with van der Waals surface area (Å²) in [6.45, 7) is 1.98. The van der Waals surface area contributed by atoms with Gasteiger partial charge in [0.25, 0.3) is 0 Å². The number of hydrogen-bond acceptors (Lipinski definition) is 5. The van der Waals surface area contributed by atoms with E-state index in [1.807, 2.05) is 11.0 Å². The summed E-state index contributed by atoms with van der Waals surface area (Å²) in [7, 11) is 5.95. The normalized spacial score (nSPS) is 24.8. The summed E-state index contributed by atoms with van der Waals surface area (Å²) < 4.78 is 5.24. The summed E-state index contributed by atoms with van der Waals surface area (Å²) in [4.78, 5) is 42.6. The maximum atomic E-state index is 13.4. The Kier molecular flexibility index (Phi) is 8.54. The quantitative estimate of drug-likeness (QED) is 0.474. The maximum Gasteiger partial charge on any atom is 0.320 e. The van der Waals surface area contributed by atoms with E-state index in [4.69, 9.17) is 10.5 Å². The van der Waals surface area contributed by atoms with Crippen LogP contribution in [0.5, 0.6) is 0 Å². The van der Waals surface area contributed by atoms with E-state index in [1.54, 1.807) is 12.0 Å². The van der Waals surface area contributed by atoms with E-state index in [0.29, 0.717) is 26.2 Å². The van der Waals surface area contributed by atoms with Crippen molar-refractivity contribution in [3.63, 3.8) is 0 Å². The molecule has 188 valence electrons. The first-order valence-electron chi connectivity index (χ1n) is 12.1. The molecule has 0 bridgehead atoms. The largest absolute Gasteiger partial charge is 0.385 e. The number of methoxy groups -OCH3 is 1. The fourth-order valence-electron chi connectivity index (χ4n) is 5.57. The fraction of sp³-hybridized carbons (Fsp3) is 0.640. The minimum Gasteiger partial charge on any atom is -0.385 e. The van der Waals surface area contributed by atoms with Crippen LogP contribution in [-0.4, -0.2) is 92.1 Å². The number of urea groups is 1. The zero-order valence-corrected chi connectivity index (χ0v) is 20.7. The number of amides is 4. The molecule has 9 heteroatoms. The topological polar surface area (TPSA) is 108 Å². The number of benzene rings is 1. The average Bonchev–Trinajstić information content (AvgIpc) is 3.08. The van der Waals surface area contributed by atoms with Crippen molar-refractivity contribution in [3.8, 4) is 0 Å². The molecule has 1 aromatic rings. The molecule has 3 N–H and O–H groups in total. The molecule has 34 heavy (non-hydrogen) atoms. The van der Waals surface area contributed by atoms with Crippen LogP contribution >= 0.6 is 0 Å². The highest BCUT2D eigenvalue weighted by atomic mass is 16.5. The van der Waals surface area contributed by atoms with Crippen LogP contribution in [0.2, 0.25) is 0 Å². The predicted molar refractivity (Wildman–Crippen MR) is 130 cm³/mol. The molecule has 2 aliphatic rings. The molecular weight excluding hydrogens is 434 g/mol. The number of rotatable bonds is 11. The Labute approximate surface area is 202 Å². The molecule has 1 saturated carbocycles. The number of nitrogens with one attached hydrogen (secondary N) is 1. The smallest absolute Gasteiger partial charge is 0.320 e. The van der Waals surface area contributed by atoms with E-state index < -0.39 is 5.91 Å². The number of carbonyl (C=O) groups is 3. The van der Waals surface area contributed by atoms with E-state index in [1.165, 1.54) is 5.56 Å². The van der Waals surface area contributed by atoms with Crippen molar-refractivity contribution in [2.75, 3.05) is 54.0 Å². The highest BCUT2D eigenvalue weighted by Gasteiger charge is 2.54. The summed E-state index contributed by atoms with van der Waals surface area (Å²) in [5.41, 5.74) is 6.10. The fourth-order valence-corrected chi connectivity index (χ4v) is 5.57. The third kappa shape index (κ3) is 5.52. The van der Waals surface area contributed by atoms with Crippen molar-refractivity contribution < 1.29 is 19.1 Å². The first-order valence-corrected chi connectivity index (χ1v) is 12.1. The number of nitrogens with two attached hydrogens (primary N) is 1. The number of hydrogen-bond donors (Lipinski definition) is 2. The predicted octanol–water partition coefficient (Wildman–Crippen LogP) is 1.52. The van der Waals surface area contributed by atoms with Crippen LogP contribution in [0.1, 0.15) is 44.1 Å². The Bertz CT molecular complexity index is 852. The Morgan fingerprint density at radius 3 is 2.38 bits per heavy atom. The van der Waals surface area contributed by atoms with Crippen LogP contribution in [-0.2, 0) is 19.9 Å². The molecule has 9 nitrogen and oxygen atoms in total. The van der Waals surface area contributed by atoms with Crippen molar-refractivity contribution >= 4 is 17.8 Å². The number of ether oxygens (including phenoxy) is 1. The van der Waals surface area contributed by atoms with Gasteiger partial charge in [0, 0.05) is 45.3 Å². The Morgan fingerprint density at radius 1 is 1.12 bits per heavy atom. The van der Waals surface area contributed by atoms with E-state index in [9.17, 15) is 14.4 Å². The van der Waals surface area contributed by atoms with Crippen molar-refractivity contribution in [2.24, 2.45) is 5.73 Å². The second-order valence-corrected chi connectivity index (χ2v) is 9.71. The first-order chi connectivity index (χ1) is 16.2. The van der Waals surface area contributed by atoms with Crippen LogP contribution in [0.25, 0.3) is 0 Å². The van der Waals surface area contributed by atoms with E-state index in [-0.39, 0.29) is 36.0 Å². The van der Waals surface area contributed by atoms with Gasteiger partial charge in [-0.05, 0) is 51.8 Å². The average molecular weight is 474 g/mol. The monoisotopic (exact) mass is 473 g/mol. The molecule has 1 saturated heterocycles. The lowest BCUT2D eigenvalue weighted by Gasteiger charge is -2.51. The molecular formula is C25H39N5O4. The lowest BCUT2D eigenvalue weighted by Crippen LogP contribution is -2.55. The highest BCUT2D eigenvalue weighted by molar-refractivity contribution is 5.84. The minimum atomic E-state index is -0.584. The first kappa shape index (κ1) is 26.0. The van der Waals surface area contributed by atoms with Gasteiger partial charge in [-0.1, -0.05) is 30.3 Å². The molecule has 2 fully saturated rings. The van der Waals surface area contributed by atoms with Gasteiger partial charge in [0.05, 0.1) is 12.1 Å². The van der Waals surface area contributed by atoms with Gasteiger partial charge < -0.3 is 25.6 Å². The number of carbonyl (C=O) groups excluding carboxylic acids is 3. The Hall–Kier alpha value is -2.65. The summed E-state index contributed by atoms with van der Waals surface area (Å²) in [6, 6.07) is 10.6. The molecule has 0 atom stereocenters. The van der Waals surface area contributed by atoms with E-state index in [0.717, 1.165) is 32.1 Å². The third-order valence-electron chi connectivity index (χ3n) is 7.53. The Balaban J connectivity index is 1.74. The highest BCUT2D eigenvalue weighted by Crippen LogP contribution is 2.48. The van der Waals surface area contributed by atoms with Gasteiger partial charge in [-0.15, -0.1) is 0 Å². The van der Waals surface area contributed by atoms with Gasteiger partial charge in [-0.2, -0.15) is 0 Å². The van der Waals surface area contributed by atoms with Crippen molar-refractivity contribution in [1.82, 2.24) is 20.0 Å². The van der Waals surface area contributed by atoms with Gasteiger partial charge in [-0.3, -0.25) is 14.5 Å². The van der Waals surface area contributed by atoms with Gasteiger partial charge in [0.1, 0.15) is 0 Å². The molecule has 0 radical (unpaired) electrons. The standard InChI is InChI=1S/C25H39N5O4/c1-28(2)25(20-8-5-4-6-9-20)13-11-24(12-14-25)19-29(16-10-22(32)27-18-21(26)31)23(33)30(24)15-7-17-34-3/h4-6,8-9H,7,10-19H2,1-3H3,(H2,26,31)(H,27,32)/t24-,25+. The van der Waals surface area contributed by atoms with Crippen LogP contribution in [0.4, 0.5) is 4.79 Å². The van der Waals surface area contributed by atoms with E-state index in [2.05, 4.69) is 48.6 Å². The summed E-state index contributed by atoms with van der Waals surface area (Å²) >= 11 is 0. The lowest BCUT2D eigenvalue weighted by molar-refractivity contribution is -0.124. The summed E-state index contributed by atoms with van der Waals surface area (Å²) in [6.07, 6.45) is 4.60. The van der Waals surface area contributed by atoms with Gasteiger partial charge in [0.2, 0.25) is 11.8 Å². The van der Waals surface area contributed by atoms with Crippen molar-refractivity contribution in [1.29, 1.82) is 0 Å². The van der Waals surface area contributed by atoms with Gasteiger partial charge >= 0.3 is 6.03 Å². The second-order valence-electron chi connectivity index (χ2n) is 9.71. The maximum absolute atomic E-state index is 13.4. The minimum absolute atomic E-state index is 0.0177. The Morgan fingerprint density at radius 2 is 1.79 bits per heavy atom. The summed E-state index contributed by atoms with van der Waals surface area (Å²) in [5.74, 6) is -0.864. The van der Waals surface area contributed by atoms with Crippen LogP contribution in [0, 0.1) is 0 Å². The molecule has 4 amide bonds. The van der Waals surface area contributed by atoms with Crippen LogP contribution < -0.4 is 11.1 Å². The SMILES string of the molecule is COCCCN1C(=O)N(CCC(=O)NCC(N)=O)C[C@]12CC[C@](c1ccccc1)(N(C)C)CC2. The van der Waals surface area contributed by atoms with Gasteiger partial charge in [-0.25, -0.2) is 4.79 Å². The van der Waals surface area contributed by atoms with Crippen molar-refractivity contribution in [2.45, 2.75) is 49.6 Å². The zero-order valence-electron chi connectivity index (χ0n) is 20.7. The van der Waals surface area contributed by atoms with Crippen LogP contribution in [0.3, 0.4) is 0 Å². The molecule has 3 rings (SSSR count). The van der Waals surface area contributed by atoms with Crippen LogP contribution in [0.15, 0.2) is 30.3 Å². The molecule has 1 aromatic carbocycles. The lowest BCUT2D eigenvalue weighted by atomic mass is 9.68. The number of nitrogens with zero attached hydrogens (tertiary/aromatic N) is 3. The second kappa shape index (κ2) is 11.2. The number of primary amides is 1. The van der Waals surface area contributed by atoms with Crippen molar-refractivity contribution in [3.05, 3.63) is 35.9 Å². The van der Waals surface area contributed by atoms with Gasteiger partial charge in [0.15, 0.2) is 0 Å².